The van der Waals surface area contributed by atoms with Gasteiger partial charge in [-0.05, 0) is 18.8 Å². The molecule has 1 aromatic heterocycles. The van der Waals surface area contributed by atoms with E-state index in [4.69, 9.17) is 5.73 Å². The van der Waals surface area contributed by atoms with E-state index in [1.54, 1.807) is 13.2 Å². The Balaban J connectivity index is 2.14. The fourth-order valence-electron chi connectivity index (χ4n) is 2.94. The minimum Gasteiger partial charge on any atom is -0.396 e. The fraction of sp³-hybridized carbons (Fsp3) is 0.692. The molecular weight excluding hydrogens is 244 g/mol. The van der Waals surface area contributed by atoms with Gasteiger partial charge in [0.2, 0.25) is 0 Å². The van der Waals surface area contributed by atoms with Gasteiger partial charge in [-0.15, -0.1) is 0 Å². The molecule has 2 atom stereocenters. The lowest BCUT2D eigenvalue weighted by atomic mass is 9.77. The van der Waals surface area contributed by atoms with Crippen LogP contribution in [0.15, 0.2) is 6.20 Å². The van der Waals surface area contributed by atoms with E-state index in [1.165, 1.54) is 4.68 Å². The number of nitrogens with two attached hydrogens (primary N) is 1. The molecule has 0 aromatic carbocycles. The van der Waals surface area contributed by atoms with Crippen molar-refractivity contribution in [3.63, 3.8) is 0 Å². The zero-order valence-corrected chi connectivity index (χ0v) is 11.5. The fourth-order valence-corrected chi connectivity index (χ4v) is 2.94. The number of nitrogens with zero attached hydrogens (tertiary/aromatic N) is 2. The van der Waals surface area contributed by atoms with Crippen LogP contribution in [0.5, 0.6) is 0 Å². The van der Waals surface area contributed by atoms with Crippen LogP contribution in [0.2, 0.25) is 0 Å². The quantitative estimate of drug-likeness (QED) is 0.749. The normalized spacial score (nSPS) is 27.2. The molecule has 0 aliphatic heterocycles. The molecule has 19 heavy (non-hydrogen) atoms. The second-order valence-corrected chi connectivity index (χ2v) is 5.70. The maximum absolute atomic E-state index is 12.2. The van der Waals surface area contributed by atoms with Gasteiger partial charge in [-0.1, -0.05) is 19.8 Å². The highest BCUT2D eigenvalue weighted by Crippen LogP contribution is 2.32. The van der Waals surface area contributed by atoms with Crippen LogP contribution >= 0.6 is 0 Å². The summed E-state index contributed by atoms with van der Waals surface area (Å²) in [4.78, 5) is 12.2. The molecule has 4 N–H and O–H groups in total. The molecule has 0 saturated heterocycles. The number of rotatable bonds is 3. The lowest BCUT2D eigenvalue weighted by Gasteiger charge is -2.39. The largest absolute Gasteiger partial charge is 0.396 e. The number of aromatic nitrogens is 2. The number of amides is 1. The van der Waals surface area contributed by atoms with Crippen molar-refractivity contribution in [3.8, 4) is 0 Å². The van der Waals surface area contributed by atoms with Crippen LogP contribution in [0.1, 0.15) is 43.1 Å². The summed E-state index contributed by atoms with van der Waals surface area (Å²) >= 11 is 0. The van der Waals surface area contributed by atoms with Crippen LogP contribution in [0.4, 0.5) is 5.69 Å². The molecule has 6 nitrogen and oxygen atoms in total. The number of aliphatic hydroxyl groups is 1. The topological polar surface area (TPSA) is 93.2 Å². The Hall–Kier alpha value is -1.56. The van der Waals surface area contributed by atoms with E-state index in [0.29, 0.717) is 11.6 Å². The number of nitrogen functional groups attached to an aromatic ring is 1. The van der Waals surface area contributed by atoms with Crippen molar-refractivity contribution in [2.24, 2.45) is 13.0 Å². The van der Waals surface area contributed by atoms with Gasteiger partial charge in [-0.25, -0.2) is 0 Å². The van der Waals surface area contributed by atoms with Crippen molar-refractivity contribution in [1.82, 2.24) is 15.1 Å². The van der Waals surface area contributed by atoms with Gasteiger partial charge >= 0.3 is 0 Å². The second kappa shape index (κ2) is 5.21. The molecule has 1 fully saturated rings. The van der Waals surface area contributed by atoms with Crippen LogP contribution in [-0.4, -0.2) is 32.9 Å². The molecule has 1 aromatic rings. The molecule has 1 amide bonds. The molecule has 0 spiro atoms. The highest BCUT2D eigenvalue weighted by atomic mass is 16.3. The van der Waals surface area contributed by atoms with E-state index < -0.39 is 5.54 Å². The molecule has 6 heteroatoms. The summed E-state index contributed by atoms with van der Waals surface area (Å²) < 4.78 is 1.51. The molecule has 2 unspecified atom stereocenters. The smallest absolute Gasteiger partial charge is 0.274 e. The first kappa shape index (κ1) is 13.9. The van der Waals surface area contributed by atoms with E-state index in [2.05, 4.69) is 17.3 Å². The van der Waals surface area contributed by atoms with Crippen molar-refractivity contribution < 1.29 is 9.90 Å². The summed E-state index contributed by atoms with van der Waals surface area (Å²) in [6, 6.07) is 0. The van der Waals surface area contributed by atoms with Crippen molar-refractivity contribution in [1.29, 1.82) is 0 Å². The Morgan fingerprint density at radius 3 is 3.00 bits per heavy atom. The zero-order chi connectivity index (χ0) is 14.0. The van der Waals surface area contributed by atoms with Crippen LogP contribution in [0, 0.1) is 5.92 Å². The summed E-state index contributed by atoms with van der Waals surface area (Å²) in [5.41, 5.74) is 5.81. The average molecular weight is 266 g/mol. The van der Waals surface area contributed by atoms with Crippen molar-refractivity contribution in [3.05, 3.63) is 11.9 Å². The van der Waals surface area contributed by atoms with Gasteiger partial charge < -0.3 is 16.2 Å². The molecule has 0 radical (unpaired) electrons. The Bertz CT molecular complexity index is 471. The molecule has 2 rings (SSSR count). The number of hydrogen-bond donors (Lipinski definition) is 3. The third kappa shape index (κ3) is 2.89. The van der Waals surface area contributed by atoms with E-state index in [1.807, 2.05) is 0 Å². The third-order valence-electron chi connectivity index (χ3n) is 3.84. The number of aliphatic hydroxyl groups excluding tert-OH is 1. The van der Waals surface area contributed by atoms with Crippen molar-refractivity contribution in [2.45, 2.75) is 38.1 Å². The van der Waals surface area contributed by atoms with Gasteiger partial charge in [0.05, 0.1) is 17.8 Å². The van der Waals surface area contributed by atoms with Crippen molar-refractivity contribution in [2.75, 3.05) is 12.3 Å². The maximum atomic E-state index is 12.2. The maximum Gasteiger partial charge on any atom is 0.274 e. The summed E-state index contributed by atoms with van der Waals surface area (Å²) in [5, 5.41) is 16.7. The Morgan fingerprint density at radius 2 is 2.47 bits per heavy atom. The van der Waals surface area contributed by atoms with Gasteiger partial charge in [0.25, 0.3) is 5.91 Å². The first-order chi connectivity index (χ1) is 8.96. The summed E-state index contributed by atoms with van der Waals surface area (Å²) in [7, 11) is 1.72. The molecular formula is C13H22N4O2. The van der Waals surface area contributed by atoms with Crippen molar-refractivity contribution >= 4 is 11.6 Å². The van der Waals surface area contributed by atoms with Crippen LogP contribution in [0.3, 0.4) is 0 Å². The van der Waals surface area contributed by atoms with E-state index in [0.717, 1.165) is 25.7 Å². The summed E-state index contributed by atoms with van der Waals surface area (Å²) in [6.45, 7) is 2.10. The number of hydrogen-bond acceptors (Lipinski definition) is 4. The van der Waals surface area contributed by atoms with Gasteiger partial charge in [-0.3, -0.25) is 9.48 Å². The van der Waals surface area contributed by atoms with E-state index in [9.17, 15) is 9.90 Å². The lowest BCUT2D eigenvalue weighted by molar-refractivity contribution is 0.0693. The Labute approximate surface area is 113 Å². The molecule has 1 heterocycles. The first-order valence-corrected chi connectivity index (χ1v) is 6.68. The first-order valence-electron chi connectivity index (χ1n) is 6.68. The number of anilines is 1. The second-order valence-electron chi connectivity index (χ2n) is 5.70. The monoisotopic (exact) mass is 266 g/mol. The Morgan fingerprint density at radius 1 is 1.74 bits per heavy atom. The van der Waals surface area contributed by atoms with Gasteiger partial charge in [-0.2, -0.15) is 5.10 Å². The van der Waals surface area contributed by atoms with Gasteiger partial charge in [0.15, 0.2) is 5.69 Å². The van der Waals surface area contributed by atoms with Crippen LogP contribution in [0.25, 0.3) is 0 Å². The molecule has 106 valence electrons. The van der Waals surface area contributed by atoms with E-state index in [-0.39, 0.29) is 18.2 Å². The number of carbonyl (C=O) groups excluding carboxylic acids is 1. The number of aryl methyl sites for hydroxylation is 1. The van der Waals surface area contributed by atoms with Crippen LogP contribution in [-0.2, 0) is 7.05 Å². The lowest BCUT2D eigenvalue weighted by Crippen LogP contribution is -2.54. The molecule has 0 bridgehead atoms. The minimum absolute atomic E-state index is 0.0458. The molecule has 1 saturated carbocycles. The predicted octanol–water partition coefficient (Wildman–Crippen LogP) is 0.673. The molecule has 1 aliphatic rings. The third-order valence-corrected chi connectivity index (χ3v) is 3.84. The molecule has 1 aliphatic carbocycles. The van der Waals surface area contributed by atoms with Gasteiger partial charge in [0.1, 0.15) is 0 Å². The van der Waals surface area contributed by atoms with Gasteiger partial charge in [0, 0.05) is 13.2 Å². The standard InChI is InChI=1S/C13H22N4O2/c1-9-4-3-5-13(6-9,8-18)15-12(19)11-10(14)7-17(2)16-11/h7,9,18H,3-6,8,14H2,1-2H3,(H,15,19). The summed E-state index contributed by atoms with van der Waals surface area (Å²) in [6.07, 6.45) is 5.35. The highest BCUT2D eigenvalue weighted by Gasteiger charge is 2.36. The summed E-state index contributed by atoms with van der Waals surface area (Å²) in [5.74, 6) is 0.198. The minimum atomic E-state index is -0.529. The van der Waals surface area contributed by atoms with Crippen LogP contribution < -0.4 is 11.1 Å². The highest BCUT2D eigenvalue weighted by molar-refractivity contribution is 5.97. The average Bonchev–Trinajstić information content (AvgIpc) is 2.68. The Kier molecular flexibility index (Phi) is 3.80. The predicted molar refractivity (Wildman–Crippen MR) is 72.5 cm³/mol. The number of carbonyl (C=O) groups is 1. The SMILES string of the molecule is CC1CCCC(CO)(NC(=O)c2nn(C)cc2N)C1. The number of nitrogens with one attached hydrogen (secondary N) is 1. The van der Waals surface area contributed by atoms with E-state index >= 15 is 0 Å². The zero-order valence-electron chi connectivity index (χ0n) is 11.5.